The number of alkyl halides is 3. The number of carbonyl (C=O) groups excluding carboxylic acids is 1. The molecule has 1 unspecified atom stereocenters. The van der Waals surface area contributed by atoms with Gasteiger partial charge in [0.1, 0.15) is 18.2 Å². The maximum absolute atomic E-state index is 13.5. The molecule has 1 amide bonds. The highest BCUT2D eigenvalue weighted by atomic mass is 32.1. The van der Waals surface area contributed by atoms with Crippen LogP contribution < -0.4 is 10.1 Å². The Kier molecular flexibility index (Phi) is 6.42. The van der Waals surface area contributed by atoms with E-state index >= 15 is 0 Å². The molecule has 30 heavy (non-hydrogen) atoms. The number of hydrogen-bond donors (Lipinski definition) is 2. The molecule has 3 rings (SSSR count). The number of aryl methyl sites for hydroxylation is 1. The SMILES string of the molecule is Cn1ccnc1C(O)(CCNC(=O)c1cccc(OCc2cscn2)c1)C(F)(F)F. The number of ether oxygens (including phenoxy) is 1. The summed E-state index contributed by atoms with van der Waals surface area (Å²) in [5.41, 5.74) is -0.541. The molecule has 0 fully saturated rings. The van der Waals surface area contributed by atoms with Crippen LogP contribution in [0.5, 0.6) is 5.75 Å². The quantitative estimate of drug-likeness (QED) is 0.562. The first kappa shape index (κ1) is 21.8. The lowest BCUT2D eigenvalue weighted by atomic mass is 9.97. The third-order valence-corrected chi connectivity index (χ3v) is 5.03. The molecule has 2 N–H and O–H groups in total. The lowest BCUT2D eigenvalue weighted by molar-refractivity contribution is -0.272. The van der Waals surface area contributed by atoms with E-state index in [9.17, 15) is 23.1 Å². The molecule has 11 heteroatoms. The number of amides is 1. The van der Waals surface area contributed by atoms with Crippen LogP contribution in [0.3, 0.4) is 0 Å². The van der Waals surface area contributed by atoms with Crippen LogP contribution in [0.25, 0.3) is 0 Å². The minimum Gasteiger partial charge on any atom is -0.487 e. The van der Waals surface area contributed by atoms with E-state index in [4.69, 9.17) is 4.74 Å². The third kappa shape index (κ3) is 4.79. The molecule has 0 radical (unpaired) electrons. The fourth-order valence-electron chi connectivity index (χ4n) is 2.80. The topological polar surface area (TPSA) is 89.3 Å². The van der Waals surface area contributed by atoms with Crippen LogP contribution in [0.1, 0.15) is 28.3 Å². The molecule has 2 aromatic heterocycles. The van der Waals surface area contributed by atoms with Gasteiger partial charge in [-0.3, -0.25) is 4.79 Å². The predicted molar refractivity (Wildman–Crippen MR) is 103 cm³/mol. The summed E-state index contributed by atoms with van der Waals surface area (Å²) in [5, 5.41) is 14.5. The van der Waals surface area contributed by atoms with Gasteiger partial charge in [0.2, 0.25) is 5.60 Å². The smallest absolute Gasteiger partial charge is 0.424 e. The molecular weight excluding hydrogens is 421 g/mol. The second-order valence-electron chi connectivity index (χ2n) is 6.52. The molecular formula is C19H19F3N4O3S. The largest absolute Gasteiger partial charge is 0.487 e. The lowest BCUT2D eigenvalue weighted by Crippen LogP contribution is -2.46. The Bertz CT molecular complexity index is 991. The van der Waals surface area contributed by atoms with Gasteiger partial charge in [-0.05, 0) is 18.2 Å². The summed E-state index contributed by atoms with van der Waals surface area (Å²) in [5.74, 6) is -0.699. The Labute approximate surface area is 174 Å². The number of nitrogens with zero attached hydrogens (tertiary/aromatic N) is 3. The summed E-state index contributed by atoms with van der Waals surface area (Å²) in [7, 11) is 1.36. The highest BCUT2D eigenvalue weighted by molar-refractivity contribution is 7.07. The summed E-state index contributed by atoms with van der Waals surface area (Å²) >= 11 is 1.43. The number of halogens is 3. The number of aliphatic hydroxyl groups is 1. The normalized spacial score (nSPS) is 13.6. The van der Waals surface area contributed by atoms with Gasteiger partial charge in [-0.15, -0.1) is 11.3 Å². The second kappa shape index (κ2) is 8.84. The average molecular weight is 440 g/mol. The first-order valence-electron chi connectivity index (χ1n) is 8.86. The van der Waals surface area contributed by atoms with Gasteiger partial charge in [0.05, 0.1) is 11.2 Å². The van der Waals surface area contributed by atoms with Crippen LogP contribution in [-0.2, 0) is 19.3 Å². The summed E-state index contributed by atoms with van der Waals surface area (Å²) < 4.78 is 47.2. The van der Waals surface area contributed by atoms with Gasteiger partial charge < -0.3 is 19.7 Å². The molecule has 7 nitrogen and oxygen atoms in total. The molecule has 0 aliphatic heterocycles. The number of benzene rings is 1. The maximum Gasteiger partial charge on any atom is 0.424 e. The minimum atomic E-state index is -4.96. The van der Waals surface area contributed by atoms with Gasteiger partial charge in [0.25, 0.3) is 5.91 Å². The van der Waals surface area contributed by atoms with Crippen molar-refractivity contribution in [3.05, 3.63) is 64.6 Å². The zero-order valence-electron chi connectivity index (χ0n) is 15.9. The molecule has 160 valence electrons. The average Bonchev–Trinajstić information content (AvgIpc) is 3.37. The molecule has 1 atom stereocenters. The Morgan fingerprint density at radius 3 is 2.77 bits per heavy atom. The van der Waals surface area contributed by atoms with Gasteiger partial charge in [-0.2, -0.15) is 13.2 Å². The summed E-state index contributed by atoms with van der Waals surface area (Å²) in [4.78, 5) is 20.1. The first-order valence-corrected chi connectivity index (χ1v) is 9.80. The summed E-state index contributed by atoms with van der Waals surface area (Å²) in [6.45, 7) is -0.178. The van der Waals surface area contributed by atoms with E-state index in [-0.39, 0.29) is 12.2 Å². The molecule has 0 saturated heterocycles. The standard InChI is InChI=1S/C19H19F3N4O3S/c1-26-8-7-24-17(26)18(28,19(20,21)22)5-6-23-16(27)13-3-2-4-15(9-13)29-10-14-11-30-12-25-14/h2-4,7-9,11-12,28H,5-6,10H2,1H3,(H,23,27). The highest BCUT2D eigenvalue weighted by Crippen LogP contribution is 2.40. The Morgan fingerprint density at radius 2 is 2.13 bits per heavy atom. The van der Waals surface area contributed by atoms with E-state index in [1.54, 1.807) is 17.6 Å². The molecule has 0 bridgehead atoms. The van der Waals surface area contributed by atoms with Gasteiger partial charge in [0.15, 0.2) is 0 Å². The molecule has 0 saturated carbocycles. The van der Waals surface area contributed by atoms with Crippen molar-refractivity contribution < 1.29 is 27.8 Å². The Hall–Kier alpha value is -2.92. The van der Waals surface area contributed by atoms with Gasteiger partial charge in [-0.1, -0.05) is 6.07 Å². The third-order valence-electron chi connectivity index (χ3n) is 4.40. The first-order chi connectivity index (χ1) is 14.2. The van der Waals surface area contributed by atoms with E-state index in [0.717, 1.165) is 10.3 Å². The van der Waals surface area contributed by atoms with Crippen molar-refractivity contribution >= 4 is 17.2 Å². The van der Waals surface area contributed by atoms with E-state index < -0.39 is 36.5 Å². The number of rotatable bonds is 8. The van der Waals surface area contributed by atoms with Crippen LogP contribution in [0.15, 0.2) is 47.5 Å². The predicted octanol–water partition coefficient (Wildman–Crippen LogP) is 3.03. The minimum absolute atomic E-state index is 0.221. The zero-order valence-corrected chi connectivity index (χ0v) is 16.7. The van der Waals surface area contributed by atoms with Crippen molar-refractivity contribution in [1.29, 1.82) is 0 Å². The molecule has 3 aromatic rings. The van der Waals surface area contributed by atoms with Crippen molar-refractivity contribution in [2.45, 2.75) is 24.8 Å². The summed E-state index contributed by atoms with van der Waals surface area (Å²) in [6, 6.07) is 6.26. The summed E-state index contributed by atoms with van der Waals surface area (Å²) in [6.07, 6.45) is -3.27. The molecule has 1 aromatic carbocycles. The zero-order chi connectivity index (χ0) is 21.8. The van der Waals surface area contributed by atoms with Crippen molar-refractivity contribution in [1.82, 2.24) is 19.9 Å². The molecule has 2 heterocycles. The van der Waals surface area contributed by atoms with Gasteiger partial charge in [-0.25, -0.2) is 9.97 Å². The van der Waals surface area contributed by atoms with Crippen LogP contribution in [-0.4, -0.2) is 38.3 Å². The number of aromatic nitrogens is 3. The van der Waals surface area contributed by atoms with E-state index in [1.807, 2.05) is 5.38 Å². The van der Waals surface area contributed by atoms with Crippen molar-refractivity contribution in [3.63, 3.8) is 0 Å². The number of nitrogens with one attached hydrogen (secondary N) is 1. The second-order valence-corrected chi connectivity index (χ2v) is 7.24. The van der Waals surface area contributed by atoms with E-state index in [0.29, 0.717) is 5.75 Å². The molecule has 0 spiro atoms. The van der Waals surface area contributed by atoms with Crippen molar-refractivity contribution in [3.8, 4) is 5.75 Å². The van der Waals surface area contributed by atoms with Crippen LogP contribution in [0.2, 0.25) is 0 Å². The van der Waals surface area contributed by atoms with Crippen LogP contribution in [0.4, 0.5) is 13.2 Å². The Balaban J connectivity index is 1.62. The number of carbonyl (C=O) groups is 1. The van der Waals surface area contributed by atoms with Crippen molar-refractivity contribution in [2.75, 3.05) is 6.54 Å². The fraction of sp³-hybridized carbons (Fsp3) is 0.316. The monoisotopic (exact) mass is 440 g/mol. The fourth-order valence-corrected chi connectivity index (χ4v) is 3.34. The number of thiazole rings is 1. The Morgan fingerprint density at radius 1 is 1.33 bits per heavy atom. The number of hydrogen-bond acceptors (Lipinski definition) is 6. The van der Waals surface area contributed by atoms with Gasteiger partial charge in [0, 0.05) is 43.4 Å². The van der Waals surface area contributed by atoms with Gasteiger partial charge >= 0.3 is 6.18 Å². The molecule has 0 aliphatic rings. The highest BCUT2D eigenvalue weighted by Gasteiger charge is 2.57. The van der Waals surface area contributed by atoms with Crippen LogP contribution in [0, 0.1) is 0 Å². The molecule has 0 aliphatic carbocycles. The van der Waals surface area contributed by atoms with Crippen LogP contribution >= 0.6 is 11.3 Å². The van der Waals surface area contributed by atoms with E-state index in [1.165, 1.54) is 42.9 Å². The van der Waals surface area contributed by atoms with Crippen molar-refractivity contribution in [2.24, 2.45) is 7.05 Å². The van der Waals surface area contributed by atoms with E-state index in [2.05, 4.69) is 15.3 Å². The maximum atomic E-state index is 13.5. The lowest BCUT2D eigenvalue weighted by Gasteiger charge is -2.30. The number of imidazole rings is 1.